The molecule has 3 heterocycles. The molecule has 2 unspecified atom stereocenters. The Hall–Kier alpha value is -1.28. The van der Waals surface area contributed by atoms with Crippen molar-refractivity contribution in [3.63, 3.8) is 0 Å². The van der Waals surface area contributed by atoms with Crippen LogP contribution in [0, 0.1) is 5.41 Å². The molecule has 2 aromatic heterocycles. The molecule has 130 valence electrons. The Morgan fingerprint density at radius 3 is 3.00 bits per heavy atom. The molecule has 1 aliphatic carbocycles. The minimum atomic E-state index is -0.240. The van der Waals surface area contributed by atoms with Crippen LogP contribution in [0.1, 0.15) is 32.0 Å². The van der Waals surface area contributed by atoms with Gasteiger partial charge in [-0.1, -0.05) is 0 Å². The zero-order valence-corrected chi connectivity index (χ0v) is 14.6. The molecule has 0 radical (unpaired) electrons. The van der Waals surface area contributed by atoms with Crippen molar-refractivity contribution >= 4 is 21.6 Å². The van der Waals surface area contributed by atoms with Gasteiger partial charge in [-0.05, 0) is 44.3 Å². The van der Waals surface area contributed by atoms with Crippen molar-refractivity contribution in [2.24, 2.45) is 5.41 Å². The van der Waals surface area contributed by atoms with Gasteiger partial charge in [0.05, 0.1) is 24.3 Å². The van der Waals surface area contributed by atoms with E-state index in [-0.39, 0.29) is 23.2 Å². The largest absolute Gasteiger partial charge is 0.392 e. The third-order valence-electron chi connectivity index (χ3n) is 5.63. The fourth-order valence-electron chi connectivity index (χ4n) is 4.15. The molecule has 7 heteroatoms. The van der Waals surface area contributed by atoms with Gasteiger partial charge in [-0.3, -0.25) is 9.69 Å². The van der Waals surface area contributed by atoms with E-state index in [1.54, 1.807) is 0 Å². The van der Waals surface area contributed by atoms with E-state index in [1.807, 2.05) is 18.4 Å². The summed E-state index contributed by atoms with van der Waals surface area (Å²) < 4.78 is 6.50. The monoisotopic (exact) mass is 349 g/mol. The molecule has 1 aliphatic heterocycles. The highest BCUT2D eigenvalue weighted by atomic mass is 32.1. The number of aliphatic hydroxyl groups is 1. The summed E-state index contributed by atoms with van der Waals surface area (Å²) in [6.07, 6.45) is 2.58. The van der Waals surface area contributed by atoms with Crippen LogP contribution >= 0.6 is 11.3 Å². The van der Waals surface area contributed by atoms with Crippen LogP contribution in [0.25, 0.3) is 10.2 Å². The highest BCUT2D eigenvalue weighted by Gasteiger charge is 2.55. The van der Waals surface area contributed by atoms with E-state index in [0.717, 1.165) is 43.7 Å². The zero-order valence-electron chi connectivity index (χ0n) is 13.8. The number of likely N-dealkylation sites (tertiary alicyclic amines) is 1. The summed E-state index contributed by atoms with van der Waals surface area (Å²) in [5, 5.41) is 12.2. The predicted octanol–water partition coefficient (Wildman–Crippen LogP) is 1.74. The molecule has 2 aliphatic rings. The lowest BCUT2D eigenvalue weighted by atomic mass is 9.58. The minimum absolute atomic E-state index is 0.0516. The number of piperidine rings is 1. The third kappa shape index (κ3) is 2.60. The summed E-state index contributed by atoms with van der Waals surface area (Å²) in [4.78, 5) is 21.8. The molecular formula is C17H23N3O3S. The highest BCUT2D eigenvalue weighted by Crippen LogP contribution is 2.51. The Morgan fingerprint density at radius 1 is 1.50 bits per heavy atom. The van der Waals surface area contributed by atoms with Gasteiger partial charge in [0.25, 0.3) is 5.56 Å². The summed E-state index contributed by atoms with van der Waals surface area (Å²) in [5.74, 6) is 0.720. The topological polar surface area (TPSA) is 78.5 Å². The maximum absolute atomic E-state index is 12.1. The number of rotatable bonds is 4. The summed E-state index contributed by atoms with van der Waals surface area (Å²) >= 11 is 1.42. The van der Waals surface area contributed by atoms with Gasteiger partial charge in [0.1, 0.15) is 10.5 Å². The lowest BCUT2D eigenvalue weighted by Crippen LogP contribution is -2.62. The van der Waals surface area contributed by atoms with Gasteiger partial charge < -0.3 is 14.8 Å². The summed E-state index contributed by atoms with van der Waals surface area (Å²) in [5.41, 5.74) is 0.660. The molecule has 2 N–H and O–H groups in total. The first-order valence-corrected chi connectivity index (χ1v) is 9.49. The number of aromatic nitrogens is 2. The first-order valence-electron chi connectivity index (χ1n) is 8.61. The first kappa shape index (κ1) is 16.2. The Kier molecular flexibility index (Phi) is 4.20. The number of fused-ring (bicyclic) bond motifs is 1. The highest BCUT2D eigenvalue weighted by molar-refractivity contribution is 7.17. The van der Waals surface area contributed by atoms with E-state index in [4.69, 9.17) is 4.74 Å². The van der Waals surface area contributed by atoms with Crippen molar-refractivity contribution in [1.29, 1.82) is 0 Å². The van der Waals surface area contributed by atoms with Gasteiger partial charge in [-0.25, -0.2) is 4.98 Å². The quantitative estimate of drug-likeness (QED) is 0.879. The van der Waals surface area contributed by atoms with Gasteiger partial charge >= 0.3 is 0 Å². The number of hydrogen-bond acceptors (Lipinski definition) is 6. The maximum Gasteiger partial charge on any atom is 0.268 e. The average Bonchev–Trinajstić information content (AvgIpc) is 3.04. The smallest absolute Gasteiger partial charge is 0.268 e. The van der Waals surface area contributed by atoms with Crippen LogP contribution in [0.3, 0.4) is 0 Å². The third-order valence-corrected chi connectivity index (χ3v) is 6.54. The minimum Gasteiger partial charge on any atom is -0.392 e. The van der Waals surface area contributed by atoms with E-state index in [9.17, 15) is 9.90 Å². The fourth-order valence-corrected chi connectivity index (χ4v) is 4.88. The molecule has 1 saturated carbocycles. The molecule has 1 spiro atoms. The fraction of sp³-hybridized carbons (Fsp3) is 0.647. The van der Waals surface area contributed by atoms with E-state index in [1.165, 1.54) is 11.3 Å². The van der Waals surface area contributed by atoms with E-state index in [0.29, 0.717) is 17.9 Å². The lowest BCUT2D eigenvalue weighted by Gasteiger charge is -2.56. The number of H-pyrrole nitrogens is 1. The van der Waals surface area contributed by atoms with Crippen LogP contribution in [0.2, 0.25) is 0 Å². The SMILES string of the molecule is CCOC1CC(O)C12CCN(Cc1nc3ccsc3c(=O)[nH]1)CC2. The second-order valence-corrected chi connectivity index (χ2v) is 7.77. The predicted molar refractivity (Wildman–Crippen MR) is 93.2 cm³/mol. The molecule has 2 atom stereocenters. The standard InChI is InChI=1S/C17H23N3O3S/c1-2-23-13-9-12(21)17(13)4-6-20(7-5-17)10-14-18-11-3-8-24-15(11)16(22)19-14/h3,8,12-13,21H,2,4-7,9-10H2,1H3,(H,18,19,22). The van der Waals surface area contributed by atoms with E-state index >= 15 is 0 Å². The number of aliphatic hydroxyl groups excluding tert-OH is 1. The van der Waals surface area contributed by atoms with Gasteiger partial charge in [-0.15, -0.1) is 11.3 Å². The Labute approximate surface area is 144 Å². The van der Waals surface area contributed by atoms with Crippen LogP contribution in [-0.2, 0) is 11.3 Å². The van der Waals surface area contributed by atoms with Gasteiger partial charge in [0.15, 0.2) is 0 Å². The molecule has 6 nitrogen and oxygen atoms in total. The molecule has 0 amide bonds. The molecule has 0 bridgehead atoms. The maximum atomic E-state index is 12.1. The van der Waals surface area contributed by atoms with Gasteiger partial charge in [0, 0.05) is 18.4 Å². The number of ether oxygens (including phenoxy) is 1. The van der Waals surface area contributed by atoms with Crippen LogP contribution in [-0.4, -0.2) is 51.9 Å². The van der Waals surface area contributed by atoms with Crippen molar-refractivity contribution in [3.8, 4) is 0 Å². The summed E-state index contributed by atoms with van der Waals surface area (Å²) in [6.45, 7) is 5.15. The van der Waals surface area contributed by atoms with Crippen molar-refractivity contribution in [2.75, 3.05) is 19.7 Å². The number of nitrogens with one attached hydrogen (secondary N) is 1. The molecular weight excluding hydrogens is 326 g/mol. The summed E-state index contributed by atoms with van der Waals surface area (Å²) in [7, 11) is 0. The van der Waals surface area contributed by atoms with Crippen molar-refractivity contribution in [2.45, 2.75) is 44.9 Å². The Morgan fingerprint density at radius 2 is 2.29 bits per heavy atom. The molecule has 24 heavy (non-hydrogen) atoms. The van der Waals surface area contributed by atoms with E-state index < -0.39 is 0 Å². The first-order chi connectivity index (χ1) is 11.6. The molecule has 4 rings (SSSR count). The molecule has 2 aromatic rings. The Balaban J connectivity index is 1.43. The van der Waals surface area contributed by atoms with Crippen molar-refractivity contribution in [3.05, 3.63) is 27.6 Å². The lowest BCUT2D eigenvalue weighted by molar-refractivity contribution is -0.210. The number of hydrogen-bond donors (Lipinski definition) is 2. The number of thiophene rings is 1. The van der Waals surface area contributed by atoms with Gasteiger partial charge in [-0.2, -0.15) is 0 Å². The normalized spacial score (nSPS) is 26.8. The van der Waals surface area contributed by atoms with Crippen LogP contribution in [0.15, 0.2) is 16.2 Å². The van der Waals surface area contributed by atoms with Crippen molar-refractivity contribution < 1.29 is 9.84 Å². The van der Waals surface area contributed by atoms with Crippen LogP contribution in [0.5, 0.6) is 0 Å². The molecule has 0 aromatic carbocycles. The number of nitrogens with zero attached hydrogens (tertiary/aromatic N) is 2. The van der Waals surface area contributed by atoms with Crippen LogP contribution in [0.4, 0.5) is 0 Å². The van der Waals surface area contributed by atoms with Gasteiger partial charge in [0.2, 0.25) is 0 Å². The Bertz CT molecular complexity index is 777. The average molecular weight is 349 g/mol. The van der Waals surface area contributed by atoms with Crippen LogP contribution < -0.4 is 5.56 Å². The zero-order chi connectivity index (χ0) is 16.7. The van der Waals surface area contributed by atoms with Crippen molar-refractivity contribution in [1.82, 2.24) is 14.9 Å². The second-order valence-electron chi connectivity index (χ2n) is 6.85. The second kappa shape index (κ2) is 6.22. The summed E-state index contributed by atoms with van der Waals surface area (Å²) in [6, 6.07) is 1.89. The molecule has 1 saturated heterocycles. The molecule has 2 fully saturated rings. The van der Waals surface area contributed by atoms with E-state index in [2.05, 4.69) is 14.9 Å². The number of aromatic amines is 1.